The minimum atomic E-state index is -0.376. The van der Waals surface area contributed by atoms with Crippen LogP contribution in [-0.2, 0) is 4.74 Å². The van der Waals surface area contributed by atoms with Crippen LogP contribution in [0.25, 0.3) is 11.6 Å². The number of esters is 1. The highest BCUT2D eigenvalue weighted by Crippen LogP contribution is 2.33. The predicted molar refractivity (Wildman–Crippen MR) is 109 cm³/mol. The number of aromatic amines is 2. The highest BCUT2D eigenvalue weighted by Gasteiger charge is 2.19. The van der Waals surface area contributed by atoms with E-state index in [1.165, 1.54) is 7.11 Å². The number of aromatic nitrogens is 2. The van der Waals surface area contributed by atoms with Crippen molar-refractivity contribution < 1.29 is 9.53 Å². The zero-order valence-corrected chi connectivity index (χ0v) is 15.5. The second-order valence-corrected chi connectivity index (χ2v) is 6.62. The summed E-state index contributed by atoms with van der Waals surface area (Å²) >= 11 is 0. The first-order chi connectivity index (χ1) is 13.6. The lowest BCUT2D eigenvalue weighted by Crippen LogP contribution is -2.06. The maximum atomic E-state index is 12.4. The third-order valence-corrected chi connectivity index (χ3v) is 4.97. The third kappa shape index (κ3) is 3.09. The van der Waals surface area contributed by atoms with Crippen molar-refractivity contribution >= 4 is 29.5 Å². The Labute approximate surface area is 161 Å². The van der Waals surface area contributed by atoms with Crippen LogP contribution in [0.1, 0.15) is 45.6 Å². The Morgan fingerprint density at radius 1 is 1.11 bits per heavy atom. The van der Waals surface area contributed by atoms with Gasteiger partial charge in [-0.15, -0.1) is 0 Å². The minimum absolute atomic E-state index is 0.0777. The van der Waals surface area contributed by atoms with Gasteiger partial charge in [-0.1, -0.05) is 37.3 Å². The zero-order valence-electron chi connectivity index (χ0n) is 15.5. The largest absolute Gasteiger partial charge is 0.465 e. The predicted octanol–water partition coefficient (Wildman–Crippen LogP) is 3.90. The molecule has 6 nitrogen and oxygen atoms in total. The van der Waals surface area contributed by atoms with Crippen molar-refractivity contribution in [3.05, 3.63) is 86.8 Å². The summed E-state index contributed by atoms with van der Waals surface area (Å²) in [7, 11) is 1.35. The second kappa shape index (κ2) is 7.15. The third-order valence-electron chi connectivity index (χ3n) is 4.97. The lowest BCUT2D eigenvalue weighted by atomic mass is 9.93. The number of aliphatic imine (C=N–C) groups is 1. The Hall–Kier alpha value is -3.67. The Balaban J connectivity index is 1.69. The number of carbonyl (C=O) groups is 1. The van der Waals surface area contributed by atoms with Gasteiger partial charge in [-0.05, 0) is 29.8 Å². The van der Waals surface area contributed by atoms with Crippen LogP contribution < -0.4 is 5.56 Å². The smallest absolute Gasteiger partial charge is 0.337 e. The second-order valence-electron chi connectivity index (χ2n) is 6.62. The van der Waals surface area contributed by atoms with Crippen molar-refractivity contribution in [3.63, 3.8) is 0 Å². The fourth-order valence-electron chi connectivity index (χ4n) is 3.37. The van der Waals surface area contributed by atoms with Crippen molar-refractivity contribution in [2.45, 2.75) is 12.8 Å². The number of hydrogen-bond acceptors (Lipinski definition) is 4. The van der Waals surface area contributed by atoms with E-state index in [4.69, 9.17) is 4.74 Å². The molecule has 0 saturated carbocycles. The van der Waals surface area contributed by atoms with E-state index < -0.39 is 0 Å². The van der Waals surface area contributed by atoms with Gasteiger partial charge in [-0.3, -0.25) is 14.9 Å². The zero-order chi connectivity index (χ0) is 19.7. The summed E-state index contributed by atoms with van der Waals surface area (Å²) in [6.07, 6.45) is 3.63. The van der Waals surface area contributed by atoms with E-state index >= 15 is 0 Å². The van der Waals surface area contributed by atoms with E-state index in [1.54, 1.807) is 18.3 Å². The number of para-hydroxylation sites is 1. The molecule has 0 aliphatic carbocycles. The molecule has 2 N–H and O–H groups in total. The standard InChI is InChI=1S/C22H19N3O3/c1-13(14-7-9-15(10-8-14)22(27)28-2)20-18(21(26)25-24-20)11-16-12-23-19-6-4-3-5-17(16)19/h3-13H,1-2H3,(H2,24,25,26)/b16-11-. The average Bonchev–Trinajstić information content (AvgIpc) is 3.31. The number of benzene rings is 2. The van der Waals surface area contributed by atoms with Gasteiger partial charge in [0.25, 0.3) is 5.56 Å². The average molecular weight is 373 g/mol. The van der Waals surface area contributed by atoms with Gasteiger partial charge < -0.3 is 9.84 Å². The summed E-state index contributed by atoms with van der Waals surface area (Å²) in [6, 6.07) is 15.0. The SMILES string of the molecule is COC(=O)c1ccc(C(C)c2[nH][nH]c(=O)c2/C=C2/C=Nc3ccccc32)cc1. The Morgan fingerprint density at radius 3 is 2.61 bits per heavy atom. The Kier molecular flexibility index (Phi) is 4.53. The van der Waals surface area contributed by atoms with Gasteiger partial charge in [0.05, 0.1) is 29.6 Å². The molecule has 1 aliphatic rings. The van der Waals surface area contributed by atoms with Crippen molar-refractivity contribution in [2.75, 3.05) is 7.11 Å². The lowest BCUT2D eigenvalue weighted by molar-refractivity contribution is 0.0600. The molecule has 0 amide bonds. The van der Waals surface area contributed by atoms with E-state index in [1.807, 2.05) is 49.4 Å². The van der Waals surface area contributed by atoms with Gasteiger partial charge in [0.1, 0.15) is 0 Å². The molecule has 0 saturated heterocycles. The molecule has 28 heavy (non-hydrogen) atoms. The molecule has 0 radical (unpaired) electrons. The summed E-state index contributed by atoms with van der Waals surface area (Å²) in [5, 5.41) is 5.68. The Morgan fingerprint density at radius 2 is 1.86 bits per heavy atom. The van der Waals surface area contributed by atoms with Crippen molar-refractivity contribution in [2.24, 2.45) is 4.99 Å². The van der Waals surface area contributed by atoms with Crippen LogP contribution >= 0.6 is 0 Å². The summed E-state index contributed by atoms with van der Waals surface area (Å²) in [6.45, 7) is 2.00. The first kappa shape index (κ1) is 17.7. The maximum absolute atomic E-state index is 12.4. The number of nitrogens with one attached hydrogen (secondary N) is 2. The number of nitrogens with zero attached hydrogens (tertiary/aromatic N) is 1. The van der Waals surface area contributed by atoms with Gasteiger partial charge >= 0.3 is 5.97 Å². The summed E-state index contributed by atoms with van der Waals surface area (Å²) in [5.74, 6) is -0.454. The van der Waals surface area contributed by atoms with E-state index in [0.29, 0.717) is 11.1 Å². The molecule has 0 bridgehead atoms. The van der Waals surface area contributed by atoms with E-state index in [2.05, 4.69) is 15.2 Å². The summed E-state index contributed by atoms with van der Waals surface area (Å²) in [4.78, 5) is 28.4. The molecule has 3 aromatic rings. The number of H-pyrrole nitrogens is 2. The number of allylic oxidation sites excluding steroid dienone is 1. The monoisotopic (exact) mass is 373 g/mol. The summed E-state index contributed by atoms with van der Waals surface area (Å²) < 4.78 is 4.74. The number of ether oxygens (including phenoxy) is 1. The van der Waals surface area contributed by atoms with Crippen molar-refractivity contribution in [3.8, 4) is 0 Å². The molecule has 4 rings (SSSR count). The quantitative estimate of drug-likeness (QED) is 0.680. The van der Waals surface area contributed by atoms with Gasteiger partial charge in [-0.25, -0.2) is 4.79 Å². The number of carbonyl (C=O) groups excluding carboxylic acids is 1. The van der Waals surface area contributed by atoms with Gasteiger partial charge in [0, 0.05) is 23.3 Å². The normalized spacial score (nSPS) is 14.9. The molecule has 1 unspecified atom stereocenters. The van der Waals surface area contributed by atoms with Crippen LogP contribution in [-0.4, -0.2) is 29.5 Å². The van der Waals surface area contributed by atoms with Crippen molar-refractivity contribution in [1.29, 1.82) is 0 Å². The van der Waals surface area contributed by atoms with Crippen LogP contribution in [0.15, 0.2) is 58.3 Å². The first-order valence-electron chi connectivity index (χ1n) is 8.92. The van der Waals surface area contributed by atoms with E-state index in [0.717, 1.165) is 28.1 Å². The van der Waals surface area contributed by atoms with Crippen LogP contribution in [0.3, 0.4) is 0 Å². The molecule has 0 fully saturated rings. The van der Waals surface area contributed by atoms with Crippen LogP contribution in [0.2, 0.25) is 0 Å². The van der Waals surface area contributed by atoms with E-state index in [-0.39, 0.29) is 17.4 Å². The fraction of sp³-hybridized carbons (Fsp3) is 0.136. The van der Waals surface area contributed by atoms with E-state index in [9.17, 15) is 9.59 Å². The van der Waals surface area contributed by atoms with Crippen LogP contribution in [0, 0.1) is 0 Å². The molecule has 1 atom stereocenters. The van der Waals surface area contributed by atoms with Crippen LogP contribution in [0.5, 0.6) is 0 Å². The molecule has 2 aromatic carbocycles. The topological polar surface area (TPSA) is 87.3 Å². The van der Waals surface area contributed by atoms with Gasteiger partial charge in [-0.2, -0.15) is 0 Å². The number of methoxy groups -OCH3 is 1. The van der Waals surface area contributed by atoms with Gasteiger partial charge in [0.15, 0.2) is 0 Å². The molecule has 2 heterocycles. The molecule has 0 spiro atoms. The highest BCUT2D eigenvalue weighted by atomic mass is 16.5. The number of rotatable bonds is 4. The lowest BCUT2D eigenvalue weighted by Gasteiger charge is -2.12. The molecule has 140 valence electrons. The maximum Gasteiger partial charge on any atom is 0.337 e. The first-order valence-corrected chi connectivity index (χ1v) is 8.92. The molecule has 6 heteroatoms. The number of fused-ring (bicyclic) bond motifs is 1. The summed E-state index contributed by atoms with van der Waals surface area (Å²) in [5.41, 5.74) is 5.43. The van der Waals surface area contributed by atoms with Gasteiger partial charge in [0.2, 0.25) is 0 Å². The number of hydrogen-bond donors (Lipinski definition) is 2. The van der Waals surface area contributed by atoms with Crippen molar-refractivity contribution in [1.82, 2.24) is 10.2 Å². The molecule has 1 aliphatic heterocycles. The molecular formula is C22H19N3O3. The molecular weight excluding hydrogens is 354 g/mol. The Bertz CT molecular complexity index is 1150. The van der Waals surface area contributed by atoms with Crippen LogP contribution in [0.4, 0.5) is 5.69 Å². The minimum Gasteiger partial charge on any atom is -0.465 e. The molecule has 1 aromatic heterocycles. The fourth-order valence-corrected chi connectivity index (χ4v) is 3.37. The highest BCUT2D eigenvalue weighted by molar-refractivity contribution is 6.21.